The van der Waals surface area contributed by atoms with E-state index in [4.69, 9.17) is 0 Å². The summed E-state index contributed by atoms with van der Waals surface area (Å²) in [6, 6.07) is 7.44. The van der Waals surface area contributed by atoms with Gasteiger partial charge in [0.1, 0.15) is 0 Å². The molecule has 64 valence electrons. The third-order valence-electron chi connectivity index (χ3n) is 1.52. The minimum absolute atomic E-state index is 0.588. The summed E-state index contributed by atoms with van der Waals surface area (Å²) in [4.78, 5) is 10.3. The highest BCUT2D eigenvalue weighted by atomic mass is 79.9. The van der Waals surface area contributed by atoms with Gasteiger partial charge in [0.05, 0.1) is 11.0 Å². The van der Waals surface area contributed by atoms with Gasteiger partial charge in [0.15, 0.2) is 0 Å². The number of halogens is 1. The first-order valence-corrected chi connectivity index (χ1v) is 4.43. The van der Waals surface area contributed by atoms with Crippen LogP contribution < -0.4 is 5.01 Å². The highest BCUT2D eigenvalue weighted by molar-refractivity contribution is 9.10. The Hall–Kier alpha value is -0.900. The smallest absolute Gasteiger partial charge is 0.0626 e. The number of nitroso groups, excluding NO2 is 1. The van der Waals surface area contributed by atoms with Crippen molar-refractivity contribution < 1.29 is 0 Å². The summed E-state index contributed by atoms with van der Waals surface area (Å²) in [7, 11) is 0. The van der Waals surface area contributed by atoms with Crippen LogP contribution in [-0.2, 0) is 0 Å². The average Bonchev–Trinajstić information content (AvgIpc) is 2.10. The van der Waals surface area contributed by atoms with Crippen LogP contribution in [0.4, 0.5) is 5.69 Å². The first-order chi connectivity index (χ1) is 5.77. The van der Waals surface area contributed by atoms with E-state index in [2.05, 4.69) is 21.2 Å². The molecule has 0 radical (unpaired) electrons. The molecule has 1 rings (SSSR count). The zero-order valence-corrected chi connectivity index (χ0v) is 8.28. The SMILES string of the molecule is CCN(N=O)c1ccc(Br)cc1. The van der Waals surface area contributed by atoms with Crippen LogP contribution in [0.15, 0.2) is 34.0 Å². The second kappa shape index (κ2) is 4.21. The molecule has 1 aromatic carbocycles. The van der Waals surface area contributed by atoms with Crippen LogP contribution >= 0.6 is 15.9 Å². The van der Waals surface area contributed by atoms with Crippen molar-refractivity contribution in [3.05, 3.63) is 33.6 Å². The van der Waals surface area contributed by atoms with Gasteiger partial charge >= 0.3 is 0 Å². The Morgan fingerprint density at radius 2 is 2.00 bits per heavy atom. The van der Waals surface area contributed by atoms with Crippen LogP contribution in [0.2, 0.25) is 0 Å². The summed E-state index contributed by atoms with van der Waals surface area (Å²) in [6.45, 7) is 2.47. The van der Waals surface area contributed by atoms with E-state index in [1.54, 1.807) is 0 Å². The van der Waals surface area contributed by atoms with Crippen LogP contribution in [0.3, 0.4) is 0 Å². The topological polar surface area (TPSA) is 32.7 Å². The fraction of sp³-hybridized carbons (Fsp3) is 0.250. The van der Waals surface area contributed by atoms with E-state index in [0.29, 0.717) is 6.54 Å². The van der Waals surface area contributed by atoms with E-state index in [9.17, 15) is 4.91 Å². The van der Waals surface area contributed by atoms with E-state index >= 15 is 0 Å². The van der Waals surface area contributed by atoms with Gasteiger partial charge < -0.3 is 0 Å². The van der Waals surface area contributed by atoms with Crippen molar-refractivity contribution in [2.24, 2.45) is 5.29 Å². The van der Waals surface area contributed by atoms with Crippen molar-refractivity contribution in [3.8, 4) is 0 Å². The molecule has 0 bridgehead atoms. The number of benzene rings is 1. The van der Waals surface area contributed by atoms with Gasteiger partial charge in [0, 0.05) is 11.0 Å². The van der Waals surface area contributed by atoms with Gasteiger partial charge in [0.2, 0.25) is 0 Å². The molecule has 12 heavy (non-hydrogen) atoms. The van der Waals surface area contributed by atoms with Crippen LogP contribution in [-0.4, -0.2) is 6.54 Å². The van der Waals surface area contributed by atoms with Crippen molar-refractivity contribution in [1.82, 2.24) is 0 Å². The first-order valence-electron chi connectivity index (χ1n) is 3.64. The molecule has 0 atom stereocenters. The Morgan fingerprint density at radius 3 is 2.42 bits per heavy atom. The summed E-state index contributed by atoms with van der Waals surface area (Å²) in [5, 5.41) is 4.27. The lowest BCUT2D eigenvalue weighted by molar-refractivity contribution is 0.885. The minimum atomic E-state index is 0.588. The van der Waals surface area contributed by atoms with Crippen molar-refractivity contribution in [2.45, 2.75) is 6.92 Å². The number of anilines is 1. The molecule has 0 heterocycles. The summed E-state index contributed by atoms with van der Waals surface area (Å²) >= 11 is 3.31. The third-order valence-corrected chi connectivity index (χ3v) is 2.05. The highest BCUT2D eigenvalue weighted by Crippen LogP contribution is 2.17. The van der Waals surface area contributed by atoms with Crippen LogP contribution in [0.5, 0.6) is 0 Å². The predicted octanol–water partition coefficient (Wildman–Crippen LogP) is 2.96. The molecule has 0 N–H and O–H groups in total. The van der Waals surface area contributed by atoms with Crippen LogP contribution in [0.1, 0.15) is 6.92 Å². The third kappa shape index (κ3) is 2.04. The Balaban J connectivity index is 2.87. The molecule has 0 aliphatic heterocycles. The molecule has 1 aromatic rings. The standard InChI is InChI=1S/C8H9BrN2O/c1-2-11(10-12)8-5-3-7(9)4-6-8/h3-6H,2H2,1H3. The minimum Gasteiger partial charge on any atom is -0.230 e. The summed E-state index contributed by atoms with van der Waals surface area (Å²) in [6.07, 6.45) is 0. The number of hydrogen-bond acceptors (Lipinski definition) is 2. The Morgan fingerprint density at radius 1 is 1.42 bits per heavy atom. The van der Waals surface area contributed by atoms with Gasteiger partial charge in [-0.3, -0.25) is 0 Å². The van der Waals surface area contributed by atoms with Crippen molar-refractivity contribution in [2.75, 3.05) is 11.6 Å². The van der Waals surface area contributed by atoms with E-state index < -0.39 is 0 Å². The molecule has 0 fully saturated rings. The number of rotatable bonds is 3. The maximum Gasteiger partial charge on any atom is 0.0626 e. The molecule has 0 saturated heterocycles. The maximum absolute atomic E-state index is 10.3. The maximum atomic E-state index is 10.3. The molecule has 4 heteroatoms. The second-order valence-electron chi connectivity index (χ2n) is 2.27. The van der Waals surface area contributed by atoms with E-state index in [0.717, 1.165) is 10.2 Å². The fourth-order valence-corrected chi connectivity index (χ4v) is 1.16. The van der Waals surface area contributed by atoms with E-state index in [1.165, 1.54) is 5.01 Å². The lowest BCUT2D eigenvalue weighted by Crippen LogP contribution is -2.13. The normalized spacial score (nSPS) is 9.50. The van der Waals surface area contributed by atoms with Crippen molar-refractivity contribution >= 4 is 21.6 Å². The fourth-order valence-electron chi connectivity index (χ4n) is 0.901. The molecular weight excluding hydrogens is 220 g/mol. The molecule has 0 amide bonds. The van der Waals surface area contributed by atoms with Gasteiger partial charge in [-0.2, -0.15) is 0 Å². The van der Waals surface area contributed by atoms with E-state index in [-0.39, 0.29) is 0 Å². The molecule has 0 aliphatic carbocycles. The summed E-state index contributed by atoms with van der Waals surface area (Å²) < 4.78 is 0.994. The zero-order chi connectivity index (χ0) is 8.97. The molecule has 0 aromatic heterocycles. The largest absolute Gasteiger partial charge is 0.230 e. The number of nitrogens with zero attached hydrogens (tertiary/aromatic N) is 2. The predicted molar refractivity (Wildman–Crippen MR) is 53.0 cm³/mol. The molecule has 0 saturated carbocycles. The van der Waals surface area contributed by atoms with Gasteiger partial charge in [-0.25, -0.2) is 5.01 Å². The average molecular weight is 229 g/mol. The van der Waals surface area contributed by atoms with Crippen molar-refractivity contribution in [3.63, 3.8) is 0 Å². The Labute approximate surface area is 79.5 Å². The Kier molecular flexibility index (Phi) is 3.22. The van der Waals surface area contributed by atoms with Gasteiger partial charge in [-0.1, -0.05) is 15.9 Å². The van der Waals surface area contributed by atoms with Gasteiger partial charge in [0.25, 0.3) is 0 Å². The van der Waals surface area contributed by atoms with Gasteiger partial charge in [-0.05, 0) is 31.2 Å². The quantitative estimate of drug-likeness (QED) is 0.589. The second-order valence-corrected chi connectivity index (χ2v) is 3.19. The van der Waals surface area contributed by atoms with Crippen molar-refractivity contribution in [1.29, 1.82) is 0 Å². The monoisotopic (exact) mass is 228 g/mol. The molecule has 0 unspecified atom stereocenters. The van der Waals surface area contributed by atoms with Crippen LogP contribution in [0.25, 0.3) is 0 Å². The summed E-state index contributed by atoms with van der Waals surface area (Å²) in [5.41, 5.74) is 0.815. The molecular formula is C8H9BrN2O. The van der Waals surface area contributed by atoms with Gasteiger partial charge in [-0.15, -0.1) is 4.91 Å². The lowest BCUT2D eigenvalue weighted by atomic mass is 10.3. The molecule has 3 nitrogen and oxygen atoms in total. The van der Waals surface area contributed by atoms with E-state index in [1.807, 2.05) is 31.2 Å². The summed E-state index contributed by atoms with van der Waals surface area (Å²) in [5.74, 6) is 0. The highest BCUT2D eigenvalue weighted by Gasteiger charge is 2.01. The Bertz CT molecular complexity index is 260. The number of hydrogen-bond donors (Lipinski definition) is 0. The van der Waals surface area contributed by atoms with Crippen LogP contribution in [0, 0.1) is 4.91 Å². The zero-order valence-electron chi connectivity index (χ0n) is 6.70. The lowest BCUT2D eigenvalue weighted by Gasteiger charge is -2.11. The molecule has 0 spiro atoms. The molecule has 0 aliphatic rings. The first kappa shape index (κ1) is 9.19.